The van der Waals surface area contributed by atoms with E-state index >= 15 is 0 Å². The van der Waals surface area contributed by atoms with Gasteiger partial charge in [0.05, 0.1) is 4.91 Å². The highest BCUT2D eigenvalue weighted by Crippen LogP contribution is 2.41. The van der Waals surface area contributed by atoms with E-state index in [9.17, 15) is 22.0 Å². The van der Waals surface area contributed by atoms with Crippen LogP contribution in [0.2, 0.25) is 0 Å². The first-order valence-electron chi connectivity index (χ1n) is 12.4. The topological polar surface area (TPSA) is 112 Å². The third-order valence-corrected chi connectivity index (χ3v) is 8.89. The molecule has 5 aromatic rings. The first-order valence-corrected chi connectivity index (χ1v) is 13.8. The van der Waals surface area contributed by atoms with Crippen LogP contribution in [0, 0.1) is 23.5 Å². The Morgan fingerprint density at radius 2 is 1.82 bits per heavy atom. The Bertz CT molecular complexity index is 2060. The number of H-pyrrole nitrogens is 1. The van der Waals surface area contributed by atoms with E-state index < -0.39 is 27.2 Å². The molecule has 0 radical (unpaired) electrons. The maximum absolute atomic E-state index is 14.6. The normalized spacial score (nSPS) is 17.5. The summed E-state index contributed by atoms with van der Waals surface area (Å²) in [5, 5.41) is 11.0. The number of rotatable bonds is 5. The number of halogens is 2. The van der Waals surface area contributed by atoms with Gasteiger partial charge in [0.15, 0.2) is 22.8 Å². The average Bonchev–Trinajstić information content (AvgIpc) is 3.58. The molecular formula is C28H23F2N5O4S. The molecule has 9 nitrogen and oxygen atoms in total. The number of benzene rings is 2. The highest BCUT2D eigenvalue weighted by Gasteiger charge is 2.28. The van der Waals surface area contributed by atoms with E-state index in [2.05, 4.69) is 15.4 Å². The van der Waals surface area contributed by atoms with Crippen molar-refractivity contribution in [3.63, 3.8) is 0 Å². The van der Waals surface area contributed by atoms with Crippen molar-refractivity contribution in [2.45, 2.75) is 13.8 Å². The molecule has 3 heterocycles. The fourth-order valence-corrected chi connectivity index (χ4v) is 6.29. The molecule has 204 valence electrons. The molecular weight excluding hydrogens is 540 g/mol. The Labute approximate surface area is 227 Å². The van der Waals surface area contributed by atoms with Crippen molar-refractivity contribution in [2.24, 2.45) is 18.9 Å². The van der Waals surface area contributed by atoms with Crippen LogP contribution in [0.1, 0.15) is 13.8 Å². The molecule has 0 spiro atoms. The average molecular weight is 564 g/mol. The van der Waals surface area contributed by atoms with E-state index in [-0.39, 0.29) is 39.3 Å². The molecule has 2 atom stereocenters. The number of ether oxygens (including phenoxy) is 1. The zero-order valence-electron chi connectivity index (χ0n) is 21.6. The number of hydrogen-bond acceptors (Lipinski definition) is 6. The van der Waals surface area contributed by atoms with Gasteiger partial charge in [0.1, 0.15) is 16.9 Å². The number of aromatic amines is 1. The molecule has 2 aromatic carbocycles. The number of nitrogens with zero attached hydrogens (tertiary/aromatic N) is 4. The summed E-state index contributed by atoms with van der Waals surface area (Å²) in [6.07, 6.45) is 7.96. The van der Waals surface area contributed by atoms with Crippen molar-refractivity contribution in [3.05, 3.63) is 93.9 Å². The fraction of sp³-hybridized carbons (Fsp3) is 0.179. The van der Waals surface area contributed by atoms with Gasteiger partial charge in [-0.15, -0.1) is 0 Å². The molecule has 1 aliphatic rings. The van der Waals surface area contributed by atoms with Gasteiger partial charge in [-0.2, -0.15) is 15.4 Å². The molecule has 0 aliphatic heterocycles. The van der Waals surface area contributed by atoms with E-state index in [1.54, 1.807) is 30.5 Å². The molecule has 1 N–H and O–H groups in total. The van der Waals surface area contributed by atoms with Crippen LogP contribution in [0.15, 0.2) is 76.7 Å². The Morgan fingerprint density at radius 3 is 2.58 bits per heavy atom. The van der Waals surface area contributed by atoms with Crippen molar-refractivity contribution in [1.29, 1.82) is 0 Å². The number of allylic oxidation sites excluding steroid dienone is 3. The van der Waals surface area contributed by atoms with E-state index in [0.717, 1.165) is 16.1 Å². The van der Waals surface area contributed by atoms with Gasteiger partial charge in [0.2, 0.25) is 0 Å². The SMILES string of the molecule is CC1C=CC(S(=O)(=O)n2ccc3c(-c4ccc5n[nH]nc5c4Oc4ccc(F)cc4F)cn(C)c(=O)c32)=CC1C. The van der Waals surface area contributed by atoms with Crippen LogP contribution >= 0.6 is 0 Å². The minimum absolute atomic E-state index is 0.00394. The van der Waals surface area contributed by atoms with Crippen molar-refractivity contribution in [2.75, 3.05) is 0 Å². The highest BCUT2D eigenvalue weighted by molar-refractivity contribution is 7.94. The van der Waals surface area contributed by atoms with Crippen LogP contribution in [0.5, 0.6) is 11.5 Å². The van der Waals surface area contributed by atoms with E-state index in [0.29, 0.717) is 28.1 Å². The third kappa shape index (κ3) is 4.02. The molecule has 2 unspecified atom stereocenters. The van der Waals surface area contributed by atoms with Gasteiger partial charge in [0, 0.05) is 42.0 Å². The maximum Gasteiger partial charge on any atom is 0.275 e. The number of pyridine rings is 1. The second-order valence-corrected chi connectivity index (χ2v) is 11.6. The molecule has 12 heteroatoms. The highest BCUT2D eigenvalue weighted by atomic mass is 32.2. The lowest BCUT2D eigenvalue weighted by molar-refractivity contribution is 0.442. The molecule has 40 heavy (non-hydrogen) atoms. The Hall–Kier alpha value is -4.58. The standard InChI is InChI=1S/C28H23F2N5O4S/c1-15-4-6-18(12-16(15)2)40(37,38)35-11-10-19-21(14-34(3)28(36)26(19)35)20-7-8-23-25(32-33-31-23)27(20)39-24-9-5-17(29)13-22(24)30/h4-16H,1-3H3,(H,31,32,33). The number of aromatic nitrogens is 5. The van der Waals surface area contributed by atoms with Gasteiger partial charge in [0.25, 0.3) is 15.6 Å². The maximum atomic E-state index is 14.6. The lowest BCUT2D eigenvalue weighted by atomic mass is 9.92. The summed E-state index contributed by atoms with van der Waals surface area (Å²) in [6.45, 7) is 3.93. The lowest BCUT2D eigenvalue weighted by Crippen LogP contribution is -2.23. The molecule has 6 rings (SSSR count). The fourth-order valence-electron chi connectivity index (χ4n) is 4.79. The van der Waals surface area contributed by atoms with Crippen LogP contribution in [-0.2, 0) is 17.1 Å². The summed E-state index contributed by atoms with van der Waals surface area (Å²) >= 11 is 0. The van der Waals surface area contributed by atoms with Crippen molar-refractivity contribution < 1.29 is 21.9 Å². The number of aryl methyl sites for hydroxylation is 1. The Kier molecular flexibility index (Phi) is 5.95. The van der Waals surface area contributed by atoms with Crippen LogP contribution in [0.3, 0.4) is 0 Å². The van der Waals surface area contributed by atoms with Crippen LogP contribution in [0.4, 0.5) is 8.78 Å². The van der Waals surface area contributed by atoms with Gasteiger partial charge in [-0.05, 0) is 48.2 Å². The Morgan fingerprint density at radius 1 is 1.02 bits per heavy atom. The molecule has 0 fully saturated rings. The van der Waals surface area contributed by atoms with Crippen LogP contribution in [0.25, 0.3) is 33.1 Å². The second kappa shape index (κ2) is 9.26. The molecule has 0 amide bonds. The summed E-state index contributed by atoms with van der Waals surface area (Å²) in [5.74, 6) is -1.68. The zero-order chi connectivity index (χ0) is 28.3. The zero-order valence-corrected chi connectivity index (χ0v) is 22.4. The molecule has 0 saturated heterocycles. The van der Waals surface area contributed by atoms with E-state index in [4.69, 9.17) is 4.74 Å². The predicted molar refractivity (Wildman–Crippen MR) is 146 cm³/mol. The van der Waals surface area contributed by atoms with Gasteiger partial charge >= 0.3 is 0 Å². The minimum atomic E-state index is -4.10. The predicted octanol–water partition coefficient (Wildman–Crippen LogP) is 5.25. The summed E-state index contributed by atoms with van der Waals surface area (Å²) in [5.41, 5.74) is 0.921. The molecule has 3 aromatic heterocycles. The summed E-state index contributed by atoms with van der Waals surface area (Å²) in [4.78, 5) is 13.5. The summed E-state index contributed by atoms with van der Waals surface area (Å²) < 4.78 is 63.8. The number of nitrogens with one attached hydrogen (secondary N) is 1. The van der Waals surface area contributed by atoms with Gasteiger partial charge in [-0.3, -0.25) is 4.79 Å². The van der Waals surface area contributed by atoms with Gasteiger partial charge in [-0.25, -0.2) is 21.2 Å². The molecule has 0 saturated carbocycles. The lowest BCUT2D eigenvalue weighted by Gasteiger charge is -2.19. The van der Waals surface area contributed by atoms with Gasteiger partial charge < -0.3 is 9.30 Å². The first kappa shape index (κ1) is 25.7. The monoisotopic (exact) mass is 563 g/mol. The second-order valence-electron chi connectivity index (χ2n) is 9.79. The minimum Gasteiger partial charge on any atom is -0.451 e. The van der Waals surface area contributed by atoms with Crippen molar-refractivity contribution >= 4 is 32.0 Å². The number of hydrogen-bond donors (Lipinski definition) is 1. The summed E-state index contributed by atoms with van der Waals surface area (Å²) in [6, 6.07) is 7.77. The van der Waals surface area contributed by atoms with E-state index in [1.165, 1.54) is 23.9 Å². The van der Waals surface area contributed by atoms with Crippen molar-refractivity contribution in [3.8, 4) is 22.6 Å². The van der Waals surface area contributed by atoms with E-state index in [1.807, 2.05) is 19.9 Å². The molecule has 0 bridgehead atoms. The largest absolute Gasteiger partial charge is 0.451 e. The van der Waals surface area contributed by atoms with Gasteiger partial charge in [-0.1, -0.05) is 26.0 Å². The third-order valence-electron chi connectivity index (χ3n) is 7.20. The quantitative estimate of drug-likeness (QED) is 0.313. The smallest absolute Gasteiger partial charge is 0.275 e. The van der Waals surface area contributed by atoms with Crippen molar-refractivity contribution in [1.82, 2.24) is 24.0 Å². The Balaban J connectivity index is 1.59. The number of fused-ring (bicyclic) bond motifs is 2. The van der Waals surface area contributed by atoms with Crippen LogP contribution in [-0.4, -0.2) is 32.4 Å². The van der Waals surface area contributed by atoms with Crippen LogP contribution < -0.4 is 10.3 Å². The molecule has 1 aliphatic carbocycles. The first-order chi connectivity index (χ1) is 19.1. The summed E-state index contributed by atoms with van der Waals surface area (Å²) in [7, 11) is -2.59.